The fraction of sp³-hybridized carbons (Fsp3) is 0.750. The third-order valence-corrected chi connectivity index (χ3v) is 16.6. The van der Waals surface area contributed by atoms with Crippen molar-refractivity contribution < 1.29 is 53.1 Å². The number of carbonyl (C=O) groups is 10. The van der Waals surface area contributed by atoms with Crippen molar-refractivity contribution in [3.05, 3.63) is 29.8 Å². The second-order valence-electron chi connectivity index (χ2n) is 24.6. The summed E-state index contributed by atoms with van der Waals surface area (Å²) < 4.78 is 0. The van der Waals surface area contributed by atoms with E-state index in [-0.39, 0.29) is 80.3 Å². The third kappa shape index (κ3) is 37.5. The summed E-state index contributed by atoms with van der Waals surface area (Å²) in [5, 5.41) is 44.0. The quantitative estimate of drug-likeness (QED) is 0.0329. The zero-order valence-electron chi connectivity index (χ0n) is 56.6. The van der Waals surface area contributed by atoms with Crippen LogP contribution < -0.4 is 92.5 Å². The molecular weight excluding hydrogens is 1180 g/mol. The van der Waals surface area contributed by atoms with Gasteiger partial charge in [0.1, 0.15) is 24.2 Å². The van der Waals surface area contributed by atoms with E-state index in [1.165, 1.54) is 0 Å². The number of carbonyl (C=O) groups excluding carboxylic acids is 10. The number of amides is 13. The lowest BCUT2D eigenvalue weighted by Gasteiger charge is -2.28. The average molecular weight is 1300 g/mol. The lowest BCUT2D eigenvalue weighted by atomic mass is 9.95. The molecule has 0 aliphatic carbocycles. The van der Waals surface area contributed by atoms with Gasteiger partial charge in [-0.3, -0.25) is 33.6 Å². The van der Waals surface area contributed by atoms with Crippen LogP contribution in [0.25, 0.3) is 0 Å². The molecule has 13 atom stereocenters. The molecule has 0 aromatic heterocycles. The van der Waals surface area contributed by atoms with Crippen LogP contribution in [0.2, 0.25) is 0 Å². The number of hydrogen-bond donors (Lipinski definition) is 18. The van der Waals surface area contributed by atoms with Gasteiger partial charge in [-0.25, -0.2) is 14.4 Å². The van der Waals surface area contributed by atoms with Crippen molar-refractivity contribution >= 4 is 59.4 Å². The number of rotatable bonds is 49. The van der Waals surface area contributed by atoms with E-state index in [2.05, 4.69) is 63.8 Å². The largest absolute Gasteiger partial charge is 0.508 e. The number of aromatic hydroxyl groups is 1. The molecule has 92 heavy (non-hydrogen) atoms. The zero-order chi connectivity index (χ0) is 69.1. The first kappa shape index (κ1) is 83.0. The number of urea groups is 3. The van der Waals surface area contributed by atoms with E-state index < -0.39 is 108 Å². The van der Waals surface area contributed by atoms with E-state index in [9.17, 15) is 53.1 Å². The maximum atomic E-state index is 13.8. The first-order valence-electron chi connectivity index (χ1n) is 33.6. The van der Waals surface area contributed by atoms with Gasteiger partial charge in [0.15, 0.2) is 0 Å². The standard InChI is InChI=1S/C64H119N17O11/c1-10-40(7)49(73-56(84)33-44(68)32-43-25-27-48(82)28-26-43)37-59(87)77-54(14-5)80-63(91)71-46(23-17-20-30-66)35-58(86)75-51(42(9)12-3)39-61(89)78-55(15-6)81-64(92)72-47(24-18-21-31-67)36-57(85)74-50(41(8)11-2)38-60(88)76-53(13-4)79-62(90)70-45(34-52(69)83)22-16-19-29-65/h25-28,40-42,44-47,49-51,53-55,82H,10-24,29-39,65-68H2,1-9H3,(H2,69,83)(H,73,84)(H,74,85)(H,75,86)(H,76,88)(H,77,87)(H,78,89)(H2,70,79,90)(H2,71,80,91)(H2,72,81,92)/t40?,41?,42?,44-,45-,46-,47-,49+,50+,51+,53+,54+,55+/m0/s1. The summed E-state index contributed by atoms with van der Waals surface area (Å²) in [5.74, 6) is -3.13. The van der Waals surface area contributed by atoms with E-state index in [0.717, 1.165) is 5.56 Å². The van der Waals surface area contributed by atoms with Crippen LogP contribution in [-0.2, 0) is 40.0 Å². The highest BCUT2D eigenvalue weighted by Crippen LogP contribution is 2.18. The number of primary amides is 1. The molecule has 0 aliphatic heterocycles. The molecule has 0 spiro atoms. The summed E-state index contributed by atoms with van der Waals surface area (Å²) in [6.07, 6.45) is 5.59. The Labute approximate surface area is 546 Å². The van der Waals surface area contributed by atoms with Gasteiger partial charge in [0.05, 0.1) is 0 Å². The summed E-state index contributed by atoms with van der Waals surface area (Å²) in [4.78, 5) is 133. The molecule has 0 saturated heterocycles. The van der Waals surface area contributed by atoms with E-state index >= 15 is 0 Å². The lowest BCUT2D eigenvalue weighted by Crippen LogP contribution is -2.55. The molecule has 28 heteroatoms. The summed E-state index contributed by atoms with van der Waals surface area (Å²) in [6.45, 7) is 18.2. The maximum Gasteiger partial charge on any atom is 0.316 e. The fourth-order valence-electron chi connectivity index (χ4n) is 10.3. The van der Waals surface area contributed by atoms with Crippen molar-refractivity contribution in [2.75, 3.05) is 19.6 Å². The Morgan fingerprint density at radius 2 is 0.674 bits per heavy atom. The molecule has 0 bridgehead atoms. The van der Waals surface area contributed by atoms with Gasteiger partial charge in [0.2, 0.25) is 41.4 Å². The monoisotopic (exact) mass is 1300 g/mol. The summed E-state index contributed by atoms with van der Waals surface area (Å²) in [7, 11) is 0. The van der Waals surface area contributed by atoms with Gasteiger partial charge in [-0.15, -0.1) is 0 Å². The van der Waals surface area contributed by atoms with E-state index in [1.54, 1.807) is 45.0 Å². The van der Waals surface area contributed by atoms with E-state index in [1.807, 2.05) is 41.5 Å². The van der Waals surface area contributed by atoms with Crippen molar-refractivity contribution in [3.63, 3.8) is 0 Å². The number of hydrogen-bond acceptors (Lipinski definition) is 15. The molecule has 0 saturated carbocycles. The normalized spacial score (nSPS) is 15.4. The van der Waals surface area contributed by atoms with Crippen molar-refractivity contribution in [1.82, 2.24) is 63.8 Å². The molecule has 23 N–H and O–H groups in total. The van der Waals surface area contributed by atoms with E-state index in [4.69, 9.17) is 28.7 Å². The minimum Gasteiger partial charge on any atom is -0.508 e. The number of nitrogens with two attached hydrogens (primary N) is 5. The highest BCUT2D eigenvalue weighted by atomic mass is 16.3. The van der Waals surface area contributed by atoms with Crippen LogP contribution in [0.3, 0.4) is 0 Å². The van der Waals surface area contributed by atoms with Gasteiger partial charge in [-0.2, -0.15) is 0 Å². The highest BCUT2D eigenvalue weighted by molar-refractivity contribution is 5.84. The predicted molar refractivity (Wildman–Crippen MR) is 357 cm³/mol. The molecule has 28 nitrogen and oxygen atoms in total. The summed E-state index contributed by atoms with van der Waals surface area (Å²) in [5.41, 5.74) is 29.8. The molecule has 0 aliphatic rings. The molecule has 0 radical (unpaired) electrons. The van der Waals surface area contributed by atoms with Crippen LogP contribution in [0.15, 0.2) is 24.3 Å². The number of phenolic OH excluding ortho intramolecular Hbond substituents is 1. The van der Waals surface area contributed by atoms with Gasteiger partial charge in [0.25, 0.3) is 0 Å². The van der Waals surface area contributed by atoms with Crippen LogP contribution >= 0.6 is 0 Å². The van der Waals surface area contributed by atoms with Crippen molar-refractivity contribution in [2.24, 2.45) is 46.4 Å². The SMILES string of the molecule is CCC(C)[C@@H](CC(=O)N[C@@H](CC)NC(=O)N[C@@H](CCCCN)CC(=O)N[C@H](CC(=O)N[C@@H](CC)NC(=O)N[C@@H](CCCCN)CC(=O)N[C@H](CC(=O)N[C@@H](CC)NC(=O)N[C@@H](CCCCN)CC(N)=O)C(C)CC)C(C)CC)NC(=O)C[C@@H](N)Cc1ccc(O)cc1. The molecule has 0 fully saturated rings. The maximum absolute atomic E-state index is 13.8. The Kier molecular flexibility index (Phi) is 43.1. The Morgan fingerprint density at radius 3 is 0.957 bits per heavy atom. The lowest BCUT2D eigenvalue weighted by molar-refractivity contribution is -0.126. The van der Waals surface area contributed by atoms with Gasteiger partial charge >= 0.3 is 18.1 Å². The van der Waals surface area contributed by atoms with Crippen LogP contribution in [0.4, 0.5) is 14.4 Å². The zero-order valence-corrected chi connectivity index (χ0v) is 56.6. The molecule has 1 aromatic carbocycles. The number of phenols is 1. The number of nitrogens with one attached hydrogen (secondary N) is 12. The minimum atomic E-state index is -0.833. The predicted octanol–water partition coefficient (Wildman–Crippen LogP) is 3.02. The van der Waals surface area contributed by atoms with Gasteiger partial charge < -0.3 is 97.6 Å². The summed E-state index contributed by atoms with van der Waals surface area (Å²) in [6, 6.07) is 0.766. The molecule has 1 rings (SSSR count). The van der Waals surface area contributed by atoms with Gasteiger partial charge in [-0.1, -0.05) is 113 Å². The van der Waals surface area contributed by atoms with Crippen LogP contribution in [0.1, 0.15) is 209 Å². The molecule has 1 aromatic rings. The Morgan fingerprint density at radius 1 is 0.380 bits per heavy atom. The smallest absolute Gasteiger partial charge is 0.316 e. The second kappa shape index (κ2) is 47.8. The minimum absolute atomic E-state index is 0.0279. The number of unbranched alkanes of at least 4 members (excludes halogenated alkanes) is 3. The number of benzene rings is 1. The molecule has 526 valence electrons. The van der Waals surface area contributed by atoms with E-state index in [0.29, 0.717) is 122 Å². The Bertz CT molecular complexity index is 2360. The Hall–Kier alpha value is -7.04. The van der Waals surface area contributed by atoms with Crippen molar-refractivity contribution in [1.29, 1.82) is 0 Å². The molecule has 0 heterocycles. The first-order valence-corrected chi connectivity index (χ1v) is 33.6. The van der Waals surface area contributed by atoms with Crippen LogP contribution in [-0.4, -0.2) is 145 Å². The first-order chi connectivity index (χ1) is 43.7. The molecular formula is C64H119N17O11. The van der Waals surface area contributed by atoms with Gasteiger partial charge in [-0.05, 0) is 119 Å². The van der Waals surface area contributed by atoms with Crippen molar-refractivity contribution in [3.8, 4) is 5.75 Å². The summed E-state index contributed by atoms with van der Waals surface area (Å²) >= 11 is 0. The third-order valence-electron chi connectivity index (χ3n) is 16.6. The van der Waals surface area contributed by atoms with Crippen LogP contribution in [0.5, 0.6) is 5.75 Å². The average Bonchev–Trinajstić information content (AvgIpc) is 2.01. The fourth-order valence-corrected chi connectivity index (χ4v) is 10.3. The van der Waals surface area contributed by atoms with Crippen molar-refractivity contribution in [2.45, 2.75) is 271 Å². The second-order valence-corrected chi connectivity index (χ2v) is 24.6. The topological polar surface area (TPSA) is 465 Å². The molecule has 13 amide bonds. The Balaban J connectivity index is 3.00. The van der Waals surface area contributed by atoms with Gasteiger partial charge in [0, 0.05) is 87.2 Å². The van der Waals surface area contributed by atoms with Crippen LogP contribution in [0, 0.1) is 17.8 Å². The highest BCUT2D eigenvalue weighted by Gasteiger charge is 2.30. The molecule has 3 unspecified atom stereocenters.